The van der Waals surface area contributed by atoms with Crippen molar-refractivity contribution in [3.63, 3.8) is 0 Å². The molecule has 0 radical (unpaired) electrons. The molecule has 0 saturated carbocycles. The van der Waals surface area contributed by atoms with E-state index in [4.69, 9.17) is 0 Å². The zero-order valence-electron chi connectivity index (χ0n) is 5.94. The maximum absolute atomic E-state index is 10.9. The second-order valence-electron chi connectivity index (χ2n) is 2.12. The predicted octanol–water partition coefficient (Wildman–Crippen LogP) is -3.56. The average Bonchev–Trinajstić information content (AvgIpc) is 1.86. The van der Waals surface area contributed by atoms with E-state index in [1.54, 1.807) is 0 Å². The summed E-state index contributed by atoms with van der Waals surface area (Å²) < 4.78 is -0.208. The summed E-state index contributed by atoms with van der Waals surface area (Å²) in [7, 11) is 0. The van der Waals surface area contributed by atoms with Crippen LogP contribution in [-0.2, 0) is 0 Å². The van der Waals surface area contributed by atoms with E-state index in [0.29, 0.717) is 0 Å². The first kappa shape index (κ1) is 9.32. The molecule has 1 N–H and O–H groups in total. The third-order valence-corrected chi connectivity index (χ3v) is 4.28. The average molecular weight is 243 g/mol. The fourth-order valence-electron chi connectivity index (χ4n) is 0.269. The Balaban J connectivity index is 3.95. The second-order valence-corrected chi connectivity index (χ2v) is 5.90. The molecule has 56 valence electrons. The van der Waals surface area contributed by atoms with Gasteiger partial charge in [0, 0.05) is 0 Å². The van der Waals surface area contributed by atoms with Crippen LogP contribution in [0.4, 0.5) is 0 Å². The summed E-state index contributed by atoms with van der Waals surface area (Å²) in [6.45, 7) is 7.02. The molecule has 1 unspecified atom stereocenters. The van der Waals surface area contributed by atoms with E-state index in [2.05, 4.69) is 16.7 Å². The van der Waals surface area contributed by atoms with Gasteiger partial charge in [0.15, 0.2) is 0 Å². The minimum absolute atomic E-state index is 0.0689. The van der Waals surface area contributed by atoms with Gasteiger partial charge in [-0.05, 0) is 0 Å². The third kappa shape index (κ3) is 2.59. The molecule has 0 aliphatic rings. The molecule has 9 heavy (non-hydrogen) atoms. The van der Waals surface area contributed by atoms with Crippen LogP contribution in [0.25, 0.3) is 0 Å². The summed E-state index contributed by atoms with van der Waals surface area (Å²) in [5, 5.41) is 14.2. The number of alkyl halides is 2. The van der Waals surface area contributed by atoms with Crippen molar-refractivity contribution in [1.82, 2.24) is 0 Å². The number of halogens is 1. The molecule has 0 bridgehead atoms. The van der Waals surface area contributed by atoms with Gasteiger partial charge in [0.25, 0.3) is 0 Å². The molecule has 0 saturated heterocycles. The molecule has 0 amide bonds. The SMILES string of the molecule is C=N[NH+]([O-])C(C)(C)[I-]C. The van der Waals surface area contributed by atoms with E-state index < -0.39 is 0 Å². The number of nitrogens with zero attached hydrogens (tertiary/aromatic N) is 1. The molecular formula is C5H12IN2O-. The van der Waals surface area contributed by atoms with Gasteiger partial charge in [0.05, 0.1) is 0 Å². The van der Waals surface area contributed by atoms with Gasteiger partial charge in [-0.15, -0.1) is 0 Å². The molecule has 0 aliphatic heterocycles. The Bertz CT molecular complexity index is 105. The van der Waals surface area contributed by atoms with Crippen LogP contribution in [0.2, 0.25) is 0 Å². The third-order valence-electron chi connectivity index (χ3n) is 1.12. The van der Waals surface area contributed by atoms with Crippen molar-refractivity contribution in [3.05, 3.63) is 5.21 Å². The van der Waals surface area contributed by atoms with Crippen LogP contribution in [0, 0.1) is 5.21 Å². The molecule has 0 rings (SSSR count). The first-order valence-electron chi connectivity index (χ1n) is 2.56. The van der Waals surface area contributed by atoms with E-state index >= 15 is 0 Å². The Hall–Kier alpha value is 0.320. The van der Waals surface area contributed by atoms with E-state index in [0.717, 1.165) is 0 Å². The summed E-state index contributed by atoms with van der Waals surface area (Å²) in [5.41, 5.74) is 0. The summed E-state index contributed by atoms with van der Waals surface area (Å²) in [5.74, 6) is 0. The van der Waals surface area contributed by atoms with Gasteiger partial charge in [-0.2, -0.15) is 0 Å². The van der Waals surface area contributed by atoms with Gasteiger partial charge in [-0.3, -0.25) is 0 Å². The fraction of sp³-hybridized carbons (Fsp3) is 0.800. The molecule has 1 atom stereocenters. The second kappa shape index (κ2) is 3.48. The molecule has 3 nitrogen and oxygen atoms in total. The monoisotopic (exact) mass is 243 g/mol. The Kier molecular flexibility index (Phi) is 3.60. The molecule has 0 aliphatic carbocycles. The Morgan fingerprint density at radius 1 is 1.67 bits per heavy atom. The first-order chi connectivity index (χ1) is 4.04. The van der Waals surface area contributed by atoms with Crippen LogP contribution >= 0.6 is 0 Å². The Morgan fingerprint density at radius 3 is 2.22 bits per heavy atom. The van der Waals surface area contributed by atoms with Gasteiger partial charge >= 0.3 is 65.7 Å². The van der Waals surface area contributed by atoms with Crippen molar-refractivity contribution in [3.8, 4) is 0 Å². The molecule has 0 aromatic carbocycles. The number of hydrogen-bond donors (Lipinski definition) is 1. The van der Waals surface area contributed by atoms with E-state index in [9.17, 15) is 5.21 Å². The Morgan fingerprint density at radius 2 is 2.11 bits per heavy atom. The van der Waals surface area contributed by atoms with Crippen LogP contribution in [-0.4, -0.2) is 15.2 Å². The van der Waals surface area contributed by atoms with Crippen LogP contribution in [0.5, 0.6) is 0 Å². The van der Waals surface area contributed by atoms with Crippen LogP contribution in [0.15, 0.2) is 5.10 Å². The normalized spacial score (nSPS) is 15.6. The molecule has 0 aromatic heterocycles. The molecule has 0 aromatic rings. The minimum atomic E-state index is -0.208. The van der Waals surface area contributed by atoms with Crippen molar-refractivity contribution in [1.29, 1.82) is 0 Å². The van der Waals surface area contributed by atoms with Gasteiger partial charge in [-0.1, -0.05) is 0 Å². The number of rotatable bonds is 3. The first-order valence-corrected chi connectivity index (χ1v) is 5.80. The standard InChI is InChI=1S/C5H12IN2O/c1-5(2,6-3)8(9)7-4/h8H,4H2,1-3H3/q-1. The van der Waals surface area contributed by atoms with Crippen molar-refractivity contribution in [2.45, 2.75) is 17.4 Å². The molecule has 0 fully saturated rings. The van der Waals surface area contributed by atoms with E-state index in [1.807, 2.05) is 13.8 Å². The van der Waals surface area contributed by atoms with Crippen molar-refractivity contribution < 1.29 is 26.4 Å². The topological polar surface area (TPSA) is 39.9 Å². The number of hydroxylamine groups is 1. The predicted molar refractivity (Wildman–Crippen MR) is 33.9 cm³/mol. The zero-order chi connectivity index (χ0) is 7.49. The van der Waals surface area contributed by atoms with Gasteiger partial charge < -0.3 is 0 Å². The van der Waals surface area contributed by atoms with Crippen molar-refractivity contribution in [2.24, 2.45) is 5.10 Å². The molecule has 0 heterocycles. The van der Waals surface area contributed by atoms with Crippen molar-refractivity contribution in [2.75, 3.05) is 4.93 Å². The number of nitrogens with one attached hydrogen (secondary N) is 1. The van der Waals surface area contributed by atoms with Crippen LogP contribution in [0.1, 0.15) is 13.8 Å². The molecular weight excluding hydrogens is 231 g/mol. The summed E-state index contributed by atoms with van der Waals surface area (Å²) in [4.78, 5) is 2.07. The maximum atomic E-state index is 10.9. The van der Waals surface area contributed by atoms with E-state index in [-0.39, 0.29) is 29.9 Å². The van der Waals surface area contributed by atoms with Gasteiger partial charge in [0.2, 0.25) is 0 Å². The number of quaternary nitrogens is 1. The zero-order valence-corrected chi connectivity index (χ0v) is 8.10. The molecule has 4 heteroatoms. The quantitative estimate of drug-likeness (QED) is 0.180. The van der Waals surface area contributed by atoms with Crippen molar-refractivity contribution >= 4 is 6.72 Å². The van der Waals surface area contributed by atoms with Gasteiger partial charge in [0.1, 0.15) is 0 Å². The van der Waals surface area contributed by atoms with Gasteiger partial charge in [-0.25, -0.2) is 0 Å². The summed E-state index contributed by atoms with van der Waals surface area (Å²) >= 11 is -0.0689. The van der Waals surface area contributed by atoms with E-state index in [1.165, 1.54) is 0 Å². The van der Waals surface area contributed by atoms with Crippen LogP contribution < -0.4 is 26.4 Å². The summed E-state index contributed by atoms with van der Waals surface area (Å²) in [6.07, 6.45) is 0. The summed E-state index contributed by atoms with van der Waals surface area (Å²) in [6, 6.07) is 0. The molecule has 0 spiro atoms. The fourth-order valence-corrected chi connectivity index (χ4v) is 0.901. The Labute approximate surface area is 66.0 Å². The van der Waals surface area contributed by atoms with Crippen LogP contribution in [0.3, 0.4) is 0 Å². The number of hydrogen-bond acceptors (Lipinski definition) is 2.